The van der Waals surface area contributed by atoms with E-state index in [-0.39, 0.29) is 5.91 Å². The van der Waals surface area contributed by atoms with Gasteiger partial charge in [0, 0.05) is 65.3 Å². The van der Waals surface area contributed by atoms with Crippen LogP contribution in [0, 0.1) is 0 Å². The molecule has 0 spiro atoms. The van der Waals surface area contributed by atoms with Crippen molar-refractivity contribution in [3.05, 3.63) is 36.3 Å². The summed E-state index contributed by atoms with van der Waals surface area (Å²) in [4.78, 5) is 30.7. The number of piperazine rings is 2. The van der Waals surface area contributed by atoms with Crippen LogP contribution in [0.2, 0.25) is 0 Å². The summed E-state index contributed by atoms with van der Waals surface area (Å²) in [7, 11) is 4.01. The molecular weight excluding hydrogens is 406 g/mol. The van der Waals surface area contributed by atoms with Crippen LogP contribution in [0.5, 0.6) is 0 Å². The fraction of sp³-hybridized carbons (Fsp3) is 0.545. The Labute approximate surface area is 189 Å². The highest BCUT2D eigenvalue weighted by molar-refractivity contribution is 5.98. The highest BCUT2D eigenvalue weighted by atomic mass is 16.2. The number of amides is 1. The molecule has 0 bridgehead atoms. The van der Waals surface area contributed by atoms with E-state index in [0.717, 1.165) is 55.8 Å². The SMILES string of the molecule is CCNC(=NCc1ccc(N2CCN(C)CC2)nc1)N1CCN(c2cnn(C)c2)C(=O)C1. The van der Waals surface area contributed by atoms with Gasteiger partial charge in [0.15, 0.2) is 5.96 Å². The molecule has 2 aromatic heterocycles. The van der Waals surface area contributed by atoms with Gasteiger partial charge in [0.2, 0.25) is 5.91 Å². The molecule has 0 unspecified atom stereocenters. The predicted octanol–water partition coefficient (Wildman–Crippen LogP) is 0.381. The normalized spacial score (nSPS) is 18.4. The van der Waals surface area contributed by atoms with E-state index in [1.807, 2.05) is 31.3 Å². The minimum atomic E-state index is 0.0491. The Morgan fingerprint density at radius 1 is 1.09 bits per heavy atom. The van der Waals surface area contributed by atoms with Crippen molar-refractivity contribution >= 4 is 23.4 Å². The van der Waals surface area contributed by atoms with Crippen LogP contribution < -0.4 is 15.1 Å². The van der Waals surface area contributed by atoms with Gasteiger partial charge in [-0.3, -0.25) is 9.48 Å². The molecule has 2 fully saturated rings. The molecule has 0 atom stereocenters. The molecule has 2 aromatic rings. The zero-order valence-corrected chi connectivity index (χ0v) is 19.2. The van der Waals surface area contributed by atoms with Crippen LogP contribution in [0.15, 0.2) is 35.7 Å². The van der Waals surface area contributed by atoms with E-state index in [4.69, 9.17) is 4.99 Å². The van der Waals surface area contributed by atoms with E-state index in [0.29, 0.717) is 26.2 Å². The summed E-state index contributed by atoms with van der Waals surface area (Å²) in [5, 5.41) is 7.50. The first-order chi connectivity index (χ1) is 15.5. The number of anilines is 2. The fourth-order valence-electron chi connectivity index (χ4n) is 4.00. The van der Waals surface area contributed by atoms with Crippen molar-refractivity contribution in [1.29, 1.82) is 0 Å². The van der Waals surface area contributed by atoms with Gasteiger partial charge in [0.05, 0.1) is 18.4 Å². The van der Waals surface area contributed by atoms with E-state index < -0.39 is 0 Å². The summed E-state index contributed by atoms with van der Waals surface area (Å²) in [6.07, 6.45) is 5.50. The zero-order chi connectivity index (χ0) is 22.5. The number of carbonyl (C=O) groups excluding carboxylic acids is 1. The lowest BCUT2D eigenvalue weighted by molar-refractivity contribution is -0.120. The number of guanidine groups is 1. The van der Waals surface area contributed by atoms with Crippen molar-refractivity contribution in [3.63, 3.8) is 0 Å². The maximum Gasteiger partial charge on any atom is 0.246 e. The van der Waals surface area contributed by atoms with Gasteiger partial charge >= 0.3 is 0 Å². The number of hydrogen-bond acceptors (Lipinski definition) is 6. The first-order valence-electron chi connectivity index (χ1n) is 11.2. The van der Waals surface area contributed by atoms with Gasteiger partial charge in [-0.15, -0.1) is 0 Å². The third kappa shape index (κ3) is 5.18. The number of hydrogen-bond donors (Lipinski definition) is 1. The molecule has 2 saturated heterocycles. The average molecular weight is 440 g/mol. The maximum absolute atomic E-state index is 12.8. The molecular formula is C22H33N9O. The molecule has 0 aliphatic carbocycles. The standard InChI is InChI=1S/C22H33N9O/c1-4-23-22(30-11-12-31(21(32)17-30)19-15-26-28(3)16-19)25-14-18-5-6-20(24-13-18)29-9-7-27(2)8-10-29/h5-6,13,15-16H,4,7-12,14,17H2,1-3H3,(H,23,25). The Morgan fingerprint density at radius 2 is 1.91 bits per heavy atom. The first kappa shape index (κ1) is 22.1. The molecule has 2 aliphatic rings. The van der Waals surface area contributed by atoms with Crippen LogP contribution in [0.1, 0.15) is 12.5 Å². The van der Waals surface area contributed by atoms with Gasteiger partial charge in [-0.1, -0.05) is 6.07 Å². The van der Waals surface area contributed by atoms with E-state index in [1.54, 1.807) is 15.8 Å². The second-order valence-corrected chi connectivity index (χ2v) is 8.32. The molecule has 1 amide bonds. The molecule has 2 aliphatic heterocycles. The number of aliphatic imine (C=N–C) groups is 1. The number of likely N-dealkylation sites (N-methyl/N-ethyl adjacent to an activating group) is 1. The van der Waals surface area contributed by atoms with Crippen molar-refractivity contribution < 1.29 is 4.79 Å². The van der Waals surface area contributed by atoms with E-state index in [1.165, 1.54) is 0 Å². The van der Waals surface area contributed by atoms with Gasteiger partial charge in [0.25, 0.3) is 0 Å². The zero-order valence-electron chi connectivity index (χ0n) is 19.2. The minimum absolute atomic E-state index is 0.0491. The van der Waals surface area contributed by atoms with E-state index in [9.17, 15) is 4.79 Å². The van der Waals surface area contributed by atoms with Crippen molar-refractivity contribution in [2.75, 3.05) is 69.2 Å². The van der Waals surface area contributed by atoms with Crippen LogP contribution in [-0.2, 0) is 18.4 Å². The molecule has 10 nitrogen and oxygen atoms in total. The smallest absolute Gasteiger partial charge is 0.246 e. The monoisotopic (exact) mass is 439 g/mol. The third-order valence-corrected chi connectivity index (χ3v) is 5.91. The van der Waals surface area contributed by atoms with Crippen molar-refractivity contribution in [2.45, 2.75) is 13.5 Å². The first-order valence-corrected chi connectivity index (χ1v) is 11.2. The van der Waals surface area contributed by atoms with Crippen LogP contribution in [0.25, 0.3) is 0 Å². The van der Waals surface area contributed by atoms with E-state index >= 15 is 0 Å². The van der Waals surface area contributed by atoms with Gasteiger partial charge in [-0.2, -0.15) is 5.10 Å². The largest absolute Gasteiger partial charge is 0.356 e. The Kier molecular flexibility index (Phi) is 6.89. The van der Waals surface area contributed by atoms with Crippen LogP contribution in [0.3, 0.4) is 0 Å². The minimum Gasteiger partial charge on any atom is -0.356 e. The molecule has 0 saturated carbocycles. The number of pyridine rings is 1. The maximum atomic E-state index is 12.8. The second kappa shape index (κ2) is 9.99. The molecule has 4 rings (SSSR count). The lowest BCUT2D eigenvalue weighted by Gasteiger charge is -2.35. The summed E-state index contributed by atoms with van der Waals surface area (Å²) in [5.74, 6) is 1.83. The molecule has 10 heteroatoms. The predicted molar refractivity (Wildman–Crippen MR) is 126 cm³/mol. The quantitative estimate of drug-likeness (QED) is 0.533. The van der Waals surface area contributed by atoms with E-state index in [2.05, 4.69) is 44.4 Å². The highest BCUT2D eigenvalue weighted by Gasteiger charge is 2.27. The van der Waals surface area contributed by atoms with Crippen LogP contribution in [-0.4, -0.2) is 95.8 Å². The van der Waals surface area contributed by atoms with Crippen molar-refractivity contribution in [3.8, 4) is 0 Å². The summed E-state index contributed by atoms with van der Waals surface area (Å²) in [5.41, 5.74) is 1.89. The van der Waals surface area contributed by atoms with Crippen LogP contribution >= 0.6 is 0 Å². The summed E-state index contributed by atoms with van der Waals surface area (Å²) >= 11 is 0. The Morgan fingerprint density at radius 3 is 2.53 bits per heavy atom. The summed E-state index contributed by atoms with van der Waals surface area (Å²) in [6.45, 7) is 9.06. The topological polar surface area (TPSA) is 85.1 Å². The lowest BCUT2D eigenvalue weighted by atomic mass is 10.2. The Balaban J connectivity index is 1.37. The Hall–Kier alpha value is -3.14. The molecule has 32 heavy (non-hydrogen) atoms. The summed E-state index contributed by atoms with van der Waals surface area (Å²) in [6, 6.07) is 4.18. The molecule has 172 valence electrons. The lowest BCUT2D eigenvalue weighted by Crippen LogP contribution is -2.55. The van der Waals surface area contributed by atoms with Crippen molar-refractivity contribution in [2.24, 2.45) is 12.0 Å². The fourth-order valence-corrected chi connectivity index (χ4v) is 4.00. The van der Waals surface area contributed by atoms with Gasteiger partial charge in [-0.25, -0.2) is 9.98 Å². The van der Waals surface area contributed by atoms with Gasteiger partial charge in [-0.05, 0) is 25.6 Å². The third-order valence-electron chi connectivity index (χ3n) is 5.91. The summed E-state index contributed by atoms with van der Waals surface area (Å²) < 4.78 is 1.71. The Bertz CT molecular complexity index is 931. The second-order valence-electron chi connectivity index (χ2n) is 8.32. The van der Waals surface area contributed by atoms with Crippen LogP contribution in [0.4, 0.5) is 11.5 Å². The number of carbonyl (C=O) groups is 1. The number of aromatic nitrogens is 3. The van der Waals surface area contributed by atoms with Gasteiger partial charge < -0.3 is 24.9 Å². The average Bonchev–Trinajstić information content (AvgIpc) is 3.23. The number of nitrogens with zero attached hydrogens (tertiary/aromatic N) is 8. The van der Waals surface area contributed by atoms with Crippen molar-refractivity contribution in [1.82, 2.24) is 29.9 Å². The molecule has 1 N–H and O–H groups in total. The molecule has 4 heterocycles. The molecule has 0 aromatic carbocycles. The highest BCUT2D eigenvalue weighted by Crippen LogP contribution is 2.17. The van der Waals surface area contributed by atoms with Gasteiger partial charge in [0.1, 0.15) is 12.4 Å². The molecule has 0 radical (unpaired) electrons. The number of aryl methyl sites for hydroxylation is 1. The number of rotatable bonds is 5. The number of nitrogens with one attached hydrogen (secondary N) is 1.